The minimum atomic E-state index is -1.14. The number of aryl methyl sites for hydroxylation is 1. The molecule has 152 valence electrons. The third-order valence-electron chi connectivity index (χ3n) is 4.49. The second-order valence-electron chi connectivity index (χ2n) is 6.60. The molecule has 1 fully saturated rings. The first kappa shape index (κ1) is 20.1. The van der Waals surface area contributed by atoms with Crippen molar-refractivity contribution < 1.29 is 24.2 Å². The number of carbonyl (C=O) groups excluding carboxylic acids is 2. The Morgan fingerprint density at radius 1 is 1.17 bits per heavy atom. The molecule has 29 heavy (non-hydrogen) atoms. The highest BCUT2D eigenvalue weighted by atomic mass is 16.5. The summed E-state index contributed by atoms with van der Waals surface area (Å²) in [5.74, 6) is -1.52. The summed E-state index contributed by atoms with van der Waals surface area (Å²) in [5, 5.41) is 25.4. The van der Waals surface area contributed by atoms with Gasteiger partial charge in [-0.25, -0.2) is 4.79 Å². The summed E-state index contributed by atoms with van der Waals surface area (Å²) in [6.07, 6.45) is 1.67. The van der Waals surface area contributed by atoms with Gasteiger partial charge in [-0.3, -0.25) is 9.59 Å². The first-order chi connectivity index (χ1) is 13.8. The molecule has 1 aromatic heterocycles. The molecule has 0 spiro atoms. The normalized spacial score (nSPS) is 12.8. The summed E-state index contributed by atoms with van der Waals surface area (Å²) in [6, 6.07) is 4.73. The van der Waals surface area contributed by atoms with Crippen molar-refractivity contribution >= 4 is 35.0 Å². The van der Waals surface area contributed by atoms with Crippen LogP contribution >= 0.6 is 0 Å². The van der Waals surface area contributed by atoms with Gasteiger partial charge in [0.1, 0.15) is 5.56 Å². The Balaban J connectivity index is 2.02. The molecule has 1 saturated carbocycles. The Hall–Kier alpha value is -3.69. The maximum atomic E-state index is 12.2. The number of methoxy groups -OCH3 is 1. The van der Waals surface area contributed by atoms with Gasteiger partial charge in [-0.15, -0.1) is 10.2 Å². The van der Waals surface area contributed by atoms with Crippen molar-refractivity contribution in [2.45, 2.75) is 19.8 Å². The average molecular weight is 399 g/mol. The second kappa shape index (κ2) is 8.13. The third-order valence-corrected chi connectivity index (χ3v) is 4.49. The van der Waals surface area contributed by atoms with E-state index < -0.39 is 11.9 Å². The van der Waals surface area contributed by atoms with Crippen LogP contribution in [0.1, 0.15) is 39.3 Å². The molecule has 3 rings (SSSR count). The molecule has 4 N–H and O–H groups in total. The number of carboxylic acids is 1. The molecule has 1 aliphatic carbocycles. The molecule has 0 unspecified atom stereocenters. The number of aromatic carboxylic acids is 1. The molecule has 1 aliphatic rings. The number of carboxylic acid groups (broad SMARTS) is 1. The van der Waals surface area contributed by atoms with Crippen LogP contribution < -0.4 is 20.7 Å². The Labute approximate surface area is 166 Å². The summed E-state index contributed by atoms with van der Waals surface area (Å²) in [7, 11) is 2.81. The fourth-order valence-electron chi connectivity index (χ4n) is 2.81. The SMILES string of the molecule is CNC(=O)c1nnc(NC(=O)C2CC2)cc1Nc1ccc(C)c(C(=O)O)c1OC. The van der Waals surface area contributed by atoms with E-state index >= 15 is 0 Å². The highest BCUT2D eigenvalue weighted by molar-refractivity contribution is 6.01. The number of ether oxygens (including phenoxy) is 1. The van der Waals surface area contributed by atoms with Crippen LogP contribution in [0, 0.1) is 12.8 Å². The predicted molar refractivity (Wildman–Crippen MR) is 105 cm³/mol. The summed E-state index contributed by atoms with van der Waals surface area (Å²) >= 11 is 0. The van der Waals surface area contributed by atoms with Crippen LogP contribution in [-0.4, -0.2) is 47.2 Å². The molecule has 0 atom stereocenters. The lowest BCUT2D eigenvalue weighted by atomic mass is 10.1. The summed E-state index contributed by atoms with van der Waals surface area (Å²) in [4.78, 5) is 35.8. The number of anilines is 3. The van der Waals surface area contributed by atoms with Gasteiger partial charge >= 0.3 is 5.97 Å². The van der Waals surface area contributed by atoms with Gasteiger partial charge in [0.2, 0.25) is 5.91 Å². The molecule has 2 aromatic rings. The molecule has 0 bridgehead atoms. The number of nitrogens with one attached hydrogen (secondary N) is 3. The molecule has 1 aromatic carbocycles. The number of hydrogen-bond acceptors (Lipinski definition) is 7. The molecular weight excluding hydrogens is 378 g/mol. The Bertz CT molecular complexity index is 987. The zero-order valence-corrected chi connectivity index (χ0v) is 16.2. The van der Waals surface area contributed by atoms with Crippen molar-refractivity contribution in [3.05, 3.63) is 35.0 Å². The van der Waals surface area contributed by atoms with Crippen LogP contribution in [0.5, 0.6) is 5.75 Å². The first-order valence-corrected chi connectivity index (χ1v) is 8.94. The van der Waals surface area contributed by atoms with Crippen LogP contribution in [0.15, 0.2) is 18.2 Å². The van der Waals surface area contributed by atoms with Gasteiger partial charge in [0, 0.05) is 19.0 Å². The van der Waals surface area contributed by atoms with Crippen LogP contribution in [0.25, 0.3) is 0 Å². The average Bonchev–Trinajstić information content (AvgIpc) is 3.53. The van der Waals surface area contributed by atoms with Crippen molar-refractivity contribution in [1.29, 1.82) is 0 Å². The molecule has 0 aliphatic heterocycles. The fourth-order valence-corrected chi connectivity index (χ4v) is 2.81. The predicted octanol–water partition coefficient (Wildman–Crippen LogP) is 1.94. The quantitative estimate of drug-likeness (QED) is 0.553. The van der Waals surface area contributed by atoms with E-state index in [4.69, 9.17) is 4.74 Å². The van der Waals surface area contributed by atoms with Crippen molar-refractivity contribution in [3.8, 4) is 5.75 Å². The maximum Gasteiger partial charge on any atom is 0.339 e. The number of hydrogen-bond donors (Lipinski definition) is 4. The lowest BCUT2D eigenvalue weighted by Crippen LogP contribution is -2.22. The van der Waals surface area contributed by atoms with Gasteiger partial charge in [-0.1, -0.05) is 6.07 Å². The summed E-state index contributed by atoms with van der Waals surface area (Å²) < 4.78 is 5.30. The van der Waals surface area contributed by atoms with Crippen molar-refractivity contribution in [2.24, 2.45) is 5.92 Å². The third kappa shape index (κ3) is 4.26. The molecule has 2 amide bonds. The van der Waals surface area contributed by atoms with E-state index in [0.717, 1.165) is 12.8 Å². The van der Waals surface area contributed by atoms with Crippen LogP contribution in [0.4, 0.5) is 17.2 Å². The van der Waals surface area contributed by atoms with E-state index in [0.29, 0.717) is 11.3 Å². The second-order valence-corrected chi connectivity index (χ2v) is 6.60. The first-order valence-electron chi connectivity index (χ1n) is 8.94. The molecule has 0 saturated heterocycles. The minimum Gasteiger partial charge on any atom is -0.494 e. The Morgan fingerprint density at radius 2 is 1.90 bits per heavy atom. The number of nitrogens with zero attached hydrogens (tertiary/aromatic N) is 2. The van der Waals surface area contributed by atoms with Gasteiger partial charge in [0.25, 0.3) is 5.91 Å². The zero-order chi connectivity index (χ0) is 21.1. The Morgan fingerprint density at radius 3 is 2.48 bits per heavy atom. The molecule has 0 radical (unpaired) electrons. The van der Waals surface area contributed by atoms with Crippen LogP contribution in [-0.2, 0) is 4.79 Å². The minimum absolute atomic E-state index is 0.00303. The van der Waals surface area contributed by atoms with Gasteiger partial charge < -0.3 is 25.8 Å². The number of benzene rings is 1. The van der Waals surface area contributed by atoms with Crippen LogP contribution in [0.3, 0.4) is 0 Å². The molecule has 10 nitrogen and oxygen atoms in total. The van der Waals surface area contributed by atoms with Crippen molar-refractivity contribution in [2.75, 3.05) is 24.8 Å². The standard InChI is InChI=1S/C19H21N5O5/c1-9-4-7-11(16(29-3)14(9)19(27)28)21-12-8-13(22-17(25)10-5-6-10)23-24-15(12)18(26)20-2/h4,7-8,10H,5-6H2,1-3H3,(H,20,26)(H,27,28)(H2,21,22,23,25). The number of amides is 2. The van der Waals surface area contributed by atoms with Gasteiger partial charge in [-0.05, 0) is 31.4 Å². The van der Waals surface area contributed by atoms with Crippen LogP contribution in [0.2, 0.25) is 0 Å². The lowest BCUT2D eigenvalue weighted by Gasteiger charge is -2.17. The van der Waals surface area contributed by atoms with E-state index in [1.807, 2.05) is 0 Å². The van der Waals surface area contributed by atoms with E-state index in [1.54, 1.807) is 19.1 Å². The molecule has 10 heteroatoms. The highest BCUT2D eigenvalue weighted by Gasteiger charge is 2.30. The maximum absolute atomic E-state index is 12.2. The monoisotopic (exact) mass is 399 g/mol. The van der Waals surface area contributed by atoms with E-state index in [-0.39, 0.29) is 40.3 Å². The fraction of sp³-hybridized carbons (Fsp3) is 0.316. The molecule has 1 heterocycles. The van der Waals surface area contributed by atoms with E-state index in [9.17, 15) is 19.5 Å². The van der Waals surface area contributed by atoms with Gasteiger partial charge in [-0.2, -0.15) is 0 Å². The number of carbonyl (C=O) groups is 3. The Kier molecular flexibility index (Phi) is 5.62. The summed E-state index contributed by atoms with van der Waals surface area (Å²) in [5.41, 5.74) is 1.08. The number of aromatic nitrogens is 2. The highest BCUT2D eigenvalue weighted by Crippen LogP contribution is 2.35. The number of rotatable bonds is 7. The smallest absolute Gasteiger partial charge is 0.339 e. The van der Waals surface area contributed by atoms with Crippen molar-refractivity contribution in [3.63, 3.8) is 0 Å². The molecular formula is C19H21N5O5. The lowest BCUT2D eigenvalue weighted by molar-refractivity contribution is -0.117. The largest absolute Gasteiger partial charge is 0.494 e. The van der Waals surface area contributed by atoms with Gasteiger partial charge in [0.15, 0.2) is 17.3 Å². The summed E-state index contributed by atoms with van der Waals surface area (Å²) in [6.45, 7) is 1.66. The zero-order valence-electron chi connectivity index (χ0n) is 16.2. The van der Waals surface area contributed by atoms with Crippen molar-refractivity contribution in [1.82, 2.24) is 15.5 Å². The topological polar surface area (TPSA) is 143 Å². The van der Waals surface area contributed by atoms with E-state index in [2.05, 4.69) is 26.1 Å². The van der Waals surface area contributed by atoms with E-state index in [1.165, 1.54) is 20.2 Å². The van der Waals surface area contributed by atoms with Gasteiger partial charge in [0.05, 0.1) is 18.5 Å².